The Hall–Kier alpha value is -2.03. The van der Waals surface area contributed by atoms with E-state index in [1.807, 2.05) is 0 Å². The molecule has 1 aromatic rings. The second-order valence-corrected chi connectivity index (χ2v) is 5.60. The van der Waals surface area contributed by atoms with Crippen LogP contribution in [0.4, 0.5) is 65.9 Å². The summed E-state index contributed by atoms with van der Waals surface area (Å²) >= 11 is 0. The van der Waals surface area contributed by atoms with Gasteiger partial charge < -0.3 is 4.74 Å². The van der Waals surface area contributed by atoms with E-state index < -0.39 is 54.1 Å². The summed E-state index contributed by atoms with van der Waals surface area (Å²) in [6.45, 7) is -2.86. The van der Waals surface area contributed by atoms with Gasteiger partial charge in [0.05, 0.1) is 0 Å². The normalized spacial score (nSPS) is 15.3. The Labute approximate surface area is 156 Å². The minimum absolute atomic E-state index is 0.735. The van der Waals surface area contributed by atoms with E-state index >= 15 is 0 Å². The third-order valence-electron chi connectivity index (χ3n) is 3.50. The molecule has 173 valence electrons. The summed E-state index contributed by atoms with van der Waals surface area (Å²) in [6.07, 6.45) is -7.62. The topological polar surface area (TPSA) is 9.23 Å². The summed E-state index contributed by atoms with van der Waals surface area (Å²) in [5.41, 5.74) is 0. The smallest absolute Gasteiger partial charge is 0.460 e. The summed E-state index contributed by atoms with van der Waals surface area (Å²) in [5, 5.41) is 0. The van der Waals surface area contributed by atoms with Gasteiger partial charge in [0.2, 0.25) is 0 Å². The summed E-state index contributed by atoms with van der Waals surface area (Å²) < 4.78 is 198. The van der Waals surface area contributed by atoms with E-state index in [9.17, 15) is 65.9 Å². The summed E-state index contributed by atoms with van der Waals surface area (Å²) in [5.74, 6) is -47.4. The van der Waals surface area contributed by atoms with Gasteiger partial charge in [0.1, 0.15) is 5.75 Å². The maximum absolute atomic E-state index is 13.5. The van der Waals surface area contributed by atoms with Gasteiger partial charge in [-0.2, -0.15) is 65.9 Å². The molecule has 0 unspecified atom stereocenters. The molecule has 0 aliphatic rings. The fourth-order valence-electron chi connectivity index (χ4n) is 1.73. The fraction of sp³-hybridized carbons (Fsp3) is 0.571. The number of benzene rings is 1. The van der Waals surface area contributed by atoms with Crippen molar-refractivity contribution in [2.45, 2.75) is 41.7 Å². The van der Waals surface area contributed by atoms with Crippen LogP contribution in [0, 0.1) is 6.07 Å². The van der Waals surface area contributed by atoms with Crippen molar-refractivity contribution in [1.29, 1.82) is 0 Å². The predicted molar refractivity (Wildman–Crippen MR) is 66.5 cm³/mol. The molecule has 0 saturated carbocycles. The molecule has 30 heavy (non-hydrogen) atoms. The average molecular weight is 475 g/mol. The second kappa shape index (κ2) is 7.28. The monoisotopic (exact) mass is 475 g/mol. The Kier molecular flexibility index (Phi) is 6.31. The molecule has 0 aliphatic heterocycles. The fourth-order valence-corrected chi connectivity index (χ4v) is 1.73. The highest BCUT2D eigenvalue weighted by Crippen LogP contribution is 2.62. The van der Waals surface area contributed by atoms with Gasteiger partial charge in [0.15, 0.2) is 6.61 Å². The van der Waals surface area contributed by atoms with Crippen molar-refractivity contribution in [3.63, 3.8) is 0 Å². The van der Waals surface area contributed by atoms with E-state index in [1.54, 1.807) is 0 Å². The number of halogens is 15. The van der Waals surface area contributed by atoms with E-state index in [1.165, 1.54) is 0 Å². The molecule has 0 spiro atoms. The molecule has 1 radical (unpaired) electrons. The number of rotatable bonds is 8. The van der Waals surface area contributed by atoms with Gasteiger partial charge in [-0.1, -0.05) is 12.1 Å². The highest BCUT2D eigenvalue weighted by atomic mass is 19.4. The molecule has 0 aromatic heterocycles. The molecule has 1 nitrogen and oxygen atoms in total. The van der Waals surface area contributed by atoms with Gasteiger partial charge in [-0.15, -0.1) is 0 Å². The number of hydrogen-bond acceptors (Lipinski definition) is 1. The quantitative estimate of drug-likeness (QED) is 0.405. The van der Waals surface area contributed by atoms with E-state index in [0.717, 1.165) is 24.3 Å². The molecule has 0 amide bonds. The molecular weight excluding hydrogens is 469 g/mol. The molecule has 0 saturated heterocycles. The third-order valence-corrected chi connectivity index (χ3v) is 3.50. The van der Waals surface area contributed by atoms with Crippen LogP contribution in [0.25, 0.3) is 0 Å². The second-order valence-electron chi connectivity index (χ2n) is 5.60. The highest BCUT2D eigenvalue weighted by Gasteiger charge is 2.93. The summed E-state index contributed by atoms with van der Waals surface area (Å²) in [4.78, 5) is 0. The molecular formula is C14H6F15O. The zero-order valence-electron chi connectivity index (χ0n) is 13.6. The molecule has 0 fully saturated rings. The first-order chi connectivity index (χ1) is 13.1. The van der Waals surface area contributed by atoms with Gasteiger partial charge in [-0.25, -0.2) is 0 Å². The van der Waals surface area contributed by atoms with Crippen LogP contribution in [0.5, 0.6) is 5.75 Å². The Morgan fingerprint density at radius 3 is 1.33 bits per heavy atom. The lowest BCUT2D eigenvalue weighted by atomic mass is 9.91. The van der Waals surface area contributed by atoms with Gasteiger partial charge in [-0.05, 0) is 18.2 Å². The molecule has 0 bridgehead atoms. The Morgan fingerprint density at radius 1 is 0.567 bits per heavy atom. The maximum Gasteiger partial charge on any atom is 0.460 e. The van der Waals surface area contributed by atoms with Crippen LogP contribution in [-0.4, -0.2) is 48.3 Å². The third kappa shape index (κ3) is 3.72. The van der Waals surface area contributed by atoms with Crippen LogP contribution >= 0.6 is 0 Å². The predicted octanol–water partition coefficient (Wildman–Crippen LogP) is 6.24. The van der Waals surface area contributed by atoms with Crippen molar-refractivity contribution in [2.24, 2.45) is 0 Å². The Balaban J connectivity index is 3.36. The van der Waals surface area contributed by atoms with Crippen LogP contribution < -0.4 is 4.74 Å². The Morgan fingerprint density at radius 2 is 0.933 bits per heavy atom. The number of alkyl halides is 15. The SMILES string of the molecule is FC(F)(F)C(F)(F)C(F)(F)C(F)(F)C(F)(F)C(F)(F)C(F)(F)COc1cc[c]cc1. The molecule has 0 N–H and O–H groups in total. The molecule has 0 aliphatic carbocycles. The largest absolute Gasteiger partial charge is 0.487 e. The minimum Gasteiger partial charge on any atom is -0.487 e. The van der Waals surface area contributed by atoms with Crippen molar-refractivity contribution >= 4 is 0 Å². The highest BCUT2D eigenvalue weighted by molar-refractivity contribution is 5.21. The van der Waals surface area contributed by atoms with Gasteiger partial charge in [0.25, 0.3) is 0 Å². The minimum atomic E-state index is -8.30. The number of hydrogen-bond donors (Lipinski definition) is 0. The lowest BCUT2D eigenvalue weighted by Crippen LogP contribution is -2.73. The lowest BCUT2D eigenvalue weighted by molar-refractivity contribution is -0.453. The van der Waals surface area contributed by atoms with Crippen LogP contribution in [0.3, 0.4) is 0 Å². The van der Waals surface area contributed by atoms with Crippen molar-refractivity contribution in [3.05, 3.63) is 30.3 Å². The van der Waals surface area contributed by atoms with Crippen molar-refractivity contribution < 1.29 is 70.6 Å². The molecule has 16 heteroatoms. The maximum atomic E-state index is 13.5. The van der Waals surface area contributed by atoms with E-state index in [2.05, 4.69) is 10.8 Å². The van der Waals surface area contributed by atoms with E-state index in [0.29, 0.717) is 0 Å². The van der Waals surface area contributed by atoms with Crippen molar-refractivity contribution in [2.75, 3.05) is 6.61 Å². The van der Waals surface area contributed by atoms with Crippen molar-refractivity contribution in [1.82, 2.24) is 0 Å². The summed E-state index contributed by atoms with van der Waals surface area (Å²) in [6, 6.07) is 5.59. The molecule has 1 aromatic carbocycles. The lowest BCUT2D eigenvalue weighted by Gasteiger charge is -2.41. The zero-order valence-corrected chi connectivity index (χ0v) is 13.6. The van der Waals surface area contributed by atoms with Gasteiger partial charge in [0, 0.05) is 0 Å². The molecule has 0 heterocycles. The van der Waals surface area contributed by atoms with Crippen LogP contribution in [0.1, 0.15) is 0 Å². The van der Waals surface area contributed by atoms with E-state index in [-0.39, 0.29) is 0 Å². The standard InChI is InChI=1S/C14H6F15O/c15-8(16,6-30-7-4-2-1-3-5-7)9(17,18)10(19,20)11(21,22)12(23,24)13(25,26)14(27,28)29/h2-5H,6H2. The first kappa shape index (κ1) is 26.0. The van der Waals surface area contributed by atoms with Gasteiger partial charge in [-0.3, -0.25) is 0 Å². The van der Waals surface area contributed by atoms with Crippen LogP contribution in [-0.2, 0) is 0 Å². The van der Waals surface area contributed by atoms with Crippen molar-refractivity contribution in [3.8, 4) is 5.75 Å². The molecule has 1 rings (SSSR count). The van der Waals surface area contributed by atoms with Gasteiger partial charge >= 0.3 is 41.7 Å². The summed E-state index contributed by atoms with van der Waals surface area (Å²) in [7, 11) is 0. The first-order valence-electron chi connectivity index (χ1n) is 7.00. The van der Waals surface area contributed by atoms with E-state index in [4.69, 9.17) is 0 Å². The first-order valence-corrected chi connectivity index (χ1v) is 7.00. The average Bonchev–Trinajstić information content (AvgIpc) is 2.59. The zero-order chi connectivity index (χ0) is 24.0. The number of ether oxygens (including phenoxy) is 1. The Bertz CT molecular complexity index is 723. The van der Waals surface area contributed by atoms with Crippen LogP contribution in [0.2, 0.25) is 0 Å². The van der Waals surface area contributed by atoms with Crippen LogP contribution in [0.15, 0.2) is 24.3 Å². The molecule has 0 atom stereocenters.